The molecule has 1 aromatic rings. The largest absolute Gasteiger partial charge is 0.453 e. The third-order valence-corrected chi connectivity index (χ3v) is 5.71. The number of hydrogen-bond acceptors (Lipinski definition) is 7. The highest BCUT2D eigenvalue weighted by atomic mass is 35.7. The predicted octanol–water partition coefficient (Wildman–Crippen LogP) is 1.94. The lowest BCUT2D eigenvalue weighted by molar-refractivity contribution is -0.481. The molecule has 5 aliphatic rings. The van der Waals surface area contributed by atoms with Gasteiger partial charge in [-0.05, 0) is 23.4 Å². The minimum atomic E-state index is -1.54. The molecule has 6 rings (SSSR count). The van der Waals surface area contributed by atoms with E-state index in [2.05, 4.69) is 0 Å². The fourth-order valence-corrected chi connectivity index (χ4v) is 4.89. The summed E-state index contributed by atoms with van der Waals surface area (Å²) in [4.78, 5) is 12.4. The van der Waals surface area contributed by atoms with Gasteiger partial charge in [0, 0.05) is 0 Å². The van der Waals surface area contributed by atoms with Crippen LogP contribution in [-0.4, -0.2) is 49.1 Å². The molecule has 4 heterocycles. The molecule has 0 aromatic heterocycles. The minimum Gasteiger partial charge on any atom is -0.453 e. The lowest BCUT2D eigenvalue weighted by Crippen LogP contribution is -2.77. The van der Waals surface area contributed by atoms with Crippen LogP contribution < -0.4 is 0 Å². The number of carbonyl (C=O) groups excluding carboxylic acids is 1. The fourth-order valence-electron chi connectivity index (χ4n) is 3.42. The highest BCUT2D eigenvalue weighted by Gasteiger charge is 2.67. The van der Waals surface area contributed by atoms with Gasteiger partial charge in [-0.2, -0.15) is 0 Å². The Morgan fingerprint density at radius 2 is 1.57 bits per heavy atom. The number of ether oxygens (including phenoxy) is 4. The van der Waals surface area contributed by atoms with Crippen molar-refractivity contribution < 1.29 is 32.8 Å². The average molecular weight is 359 g/mol. The molecule has 4 saturated heterocycles. The zero-order chi connectivity index (χ0) is 15.6. The van der Waals surface area contributed by atoms with Crippen LogP contribution in [0.3, 0.4) is 0 Å². The van der Waals surface area contributed by atoms with Gasteiger partial charge in [0.1, 0.15) is 30.5 Å². The van der Waals surface area contributed by atoms with Crippen molar-refractivity contribution in [1.29, 1.82) is 0 Å². The molecule has 1 aliphatic carbocycles. The van der Waals surface area contributed by atoms with E-state index in [1.54, 1.807) is 24.3 Å². The molecule has 0 N–H and O–H groups in total. The lowest BCUT2D eigenvalue weighted by Gasteiger charge is -2.60. The molecule has 7 nitrogen and oxygen atoms in total. The lowest BCUT2D eigenvalue weighted by atomic mass is 9.82. The summed E-state index contributed by atoms with van der Waals surface area (Å²) >= 11 is 6.01. The van der Waals surface area contributed by atoms with E-state index in [9.17, 15) is 4.79 Å². The van der Waals surface area contributed by atoms with Crippen LogP contribution in [0.25, 0.3) is 0 Å². The van der Waals surface area contributed by atoms with E-state index in [4.69, 9.17) is 39.2 Å². The van der Waals surface area contributed by atoms with Crippen molar-refractivity contribution in [2.75, 3.05) is 0 Å². The topological polar surface area (TPSA) is 72.5 Å². The normalized spacial score (nSPS) is 46.7. The Hall–Kier alpha value is -0.790. The molecule has 6 bridgehead atoms. The maximum Gasteiger partial charge on any atom is 0.338 e. The maximum absolute atomic E-state index is 12.4. The van der Waals surface area contributed by atoms with Gasteiger partial charge in [0.2, 0.25) is 0 Å². The van der Waals surface area contributed by atoms with Crippen LogP contribution in [0.2, 0.25) is 0 Å². The Bertz CT molecular complexity index is 607. The number of halogens is 1. The molecular weight excluding hydrogens is 347 g/mol. The number of rotatable bonds is 2. The molecule has 8 atom stereocenters. The van der Waals surface area contributed by atoms with Gasteiger partial charge in [0.15, 0.2) is 6.10 Å². The zero-order valence-electron chi connectivity index (χ0n) is 11.6. The van der Waals surface area contributed by atoms with E-state index < -0.39 is 50.7 Å². The number of benzene rings is 1. The molecule has 4 aliphatic heterocycles. The van der Waals surface area contributed by atoms with Gasteiger partial charge in [-0.3, -0.25) is 0 Å². The molecule has 23 heavy (non-hydrogen) atoms. The van der Waals surface area contributed by atoms with Gasteiger partial charge < -0.3 is 28.0 Å². The fraction of sp³-hybridized carbons (Fsp3) is 0.500. The summed E-state index contributed by atoms with van der Waals surface area (Å²) in [5.41, 5.74) is 0.462. The van der Waals surface area contributed by atoms with Crippen LogP contribution in [0.4, 0.5) is 0 Å². The predicted molar refractivity (Wildman–Crippen MR) is 76.6 cm³/mol. The first-order valence-corrected chi connectivity index (χ1v) is 9.31. The summed E-state index contributed by atoms with van der Waals surface area (Å²) in [6, 6.07) is 8.76. The summed E-state index contributed by atoms with van der Waals surface area (Å²) < 4.78 is 33.8. The van der Waals surface area contributed by atoms with E-state index >= 15 is 0 Å². The molecule has 122 valence electrons. The highest BCUT2D eigenvalue weighted by Crippen LogP contribution is 2.58. The summed E-state index contributed by atoms with van der Waals surface area (Å²) in [6.45, 7) is -0.777. The third kappa shape index (κ3) is 2.23. The Labute approximate surface area is 137 Å². The second kappa shape index (κ2) is 5.36. The molecule has 0 amide bonds. The summed E-state index contributed by atoms with van der Waals surface area (Å²) in [7, 11) is -1.54. The Balaban J connectivity index is 1.42. The van der Waals surface area contributed by atoms with Crippen LogP contribution in [0.15, 0.2) is 30.3 Å². The Kier molecular flexibility index (Phi) is 3.39. The molecule has 0 radical (unpaired) electrons. The van der Waals surface area contributed by atoms with Crippen molar-refractivity contribution >= 4 is 24.9 Å². The highest BCUT2D eigenvalue weighted by molar-refractivity contribution is 7.76. The second-order valence-electron chi connectivity index (χ2n) is 5.68. The van der Waals surface area contributed by atoms with Gasteiger partial charge in [-0.25, -0.2) is 4.79 Å². The van der Waals surface area contributed by atoms with Gasteiger partial charge in [0.05, 0.1) is 5.56 Å². The van der Waals surface area contributed by atoms with Crippen LogP contribution in [0, 0.1) is 0 Å². The standard InChI is InChI=1S/C14H12ClO7P/c15-23-21-11-8-7(17-13(16)6-4-2-1-3-5-6)9-12(22-23)10(11)20-14(18-8)19-9/h1-5,7-12,14H/t7?,8-,9+,10?,11+,12-,14?,23?. The number of esters is 1. The molecule has 9 heteroatoms. The first-order chi connectivity index (χ1) is 11.2. The molecule has 0 spiro atoms. The summed E-state index contributed by atoms with van der Waals surface area (Å²) in [6.07, 6.45) is -2.76. The van der Waals surface area contributed by atoms with Gasteiger partial charge in [-0.15, -0.1) is 0 Å². The van der Waals surface area contributed by atoms with Crippen molar-refractivity contribution in [3.05, 3.63) is 35.9 Å². The Morgan fingerprint density at radius 3 is 2.22 bits per heavy atom. The van der Waals surface area contributed by atoms with E-state index in [1.165, 1.54) is 0 Å². The smallest absolute Gasteiger partial charge is 0.338 e. The minimum absolute atomic E-state index is 0.318. The van der Waals surface area contributed by atoms with Crippen molar-refractivity contribution in [3.8, 4) is 0 Å². The molecule has 1 saturated carbocycles. The van der Waals surface area contributed by atoms with Crippen LogP contribution in [-0.2, 0) is 28.0 Å². The van der Waals surface area contributed by atoms with E-state index in [0.717, 1.165) is 0 Å². The van der Waals surface area contributed by atoms with Crippen LogP contribution in [0.5, 0.6) is 0 Å². The molecule has 4 unspecified atom stereocenters. The van der Waals surface area contributed by atoms with E-state index in [0.29, 0.717) is 5.56 Å². The summed E-state index contributed by atoms with van der Waals surface area (Å²) in [5, 5.41) is 0. The number of hydrogen-bond donors (Lipinski definition) is 0. The quantitative estimate of drug-likeness (QED) is 0.591. The van der Waals surface area contributed by atoms with Crippen molar-refractivity contribution in [1.82, 2.24) is 0 Å². The first-order valence-electron chi connectivity index (χ1n) is 7.22. The number of carbonyl (C=O) groups is 1. The van der Waals surface area contributed by atoms with Crippen molar-refractivity contribution in [3.63, 3.8) is 0 Å². The van der Waals surface area contributed by atoms with Gasteiger partial charge in [-0.1, -0.05) is 18.2 Å². The van der Waals surface area contributed by atoms with Gasteiger partial charge >= 0.3 is 5.97 Å². The Morgan fingerprint density at radius 1 is 0.957 bits per heavy atom. The van der Waals surface area contributed by atoms with Crippen molar-refractivity contribution in [2.45, 2.75) is 43.1 Å². The maximum atomic E-state index is 12.4. The first kappa shape index (κ1) is 14.5. The van der Waals surface area contributed by atoms with Crippen molar-refractivity contribution in [2.24, 2.45) is 0 Å². The monoisotopic (exact) mass is 358 g/mol. The van der Waals surface area contributed by atoms with E-state index in [1.807, 2.05) is 6.07 Å². The van der Waals surface area contributed by atoms with E-state index in [-0.39, 0.29) is 6.10 Å². The molecule has 5 fully saturated rings. The SMILES string of the molecule is O=C(OC1[C@H]2OC3OC4[C@H]2OP(Cl)O[C@@H]4[C@H]1O3)c1ccccc1. The molecular formula is C14H12ClO7P. The van der Waals surface area contributed by atoms with Crippen LogP contribution in [0.1, 0.15) is 10.4 Å². The second-order valence-corrected chi connectivity index (χ2v) is 7.35. The average Bonchev–Trinajstić information content (AvgIpc) is 2.57. The third-order valence-electron chi connectivity index (χ3n) is 4.41. The zero-order valence-corrected chi connectivity index (χ0v) is 13.3. The molecule has 1 aromatic carbocycles. The van der Waals surface area contributed by atoms with Gasteiger partial charge in [0.25, 0.3) is 14.2 Å². The summed E-state index contributed by atoms with van der Waals surface area (Å²) in [5.74, 6) is -0.442. The van der Waals surface area contributed by atoms with Crippen LogP contribution >= 0.6 is 19.0 Å².